The van der Waals surface area contributed by atoms with Crippen LogP contribution < -0.4 is 5.32 Å². The van der Waals surface area contributed by atoms with E-state index < -0.39 is 20.6 Å². The zero-order valence-electron chi connectivity index (χ0n) is 17.3. The van der Waals surface area contributed by atoms with Gasteiger partial charge < -0.3 is 10.4 Å². The molecule has 0 aliphatic heterocycles. The molecular weight excluding hydrogens is 489 g/mol. The van der Waals surface area contributed by atoms with Gasteiger partial charge in [-0.1, -0.05) is 65.7 Å². The van der Waals surface area contributed by atoms with Crippen molar-refractivity contribution in [2.75, 3.05) is 18.6 Å². The molecule has 32 heavy (non-hydrogen) atoms. The van der Waals surface area contributed by atoms with Crippen LogP contribution in [0.3, 0.4) is 0 Å². The number of aliphatic hydroxyl groups is 1. The number of benzene rings is 2. The summed E-state index contributed by atoms with van der Waals surface area (Å²) in [6.45, 7) is 0.0848. The molecule has 2 N–H and O–H groups in total. The van der Waals surface area contributed by atoms with Crippen LogP contribution in [0.15, 0.2) is 75.6 Å². The van der Waals surface area contributed by atoms with Crippen LogP contribution in [0.2, 0.25) is 0 Å². The molecule has 0 bridgehead atoms. The van der Waals surface area contributed by atoms with Gasteiger partial charge in [-0.2, -0.15) is 0 Å². The summed E-state index contributed by atoms with van der Waals surface area (Å²) in [7, 11) is -3.80. The first-order valence-corrected chi connectivity index (χ1v) is 13.4. The second kappa shape index (κ2) is 10.4. The summed E-state index contributed by atoms with van der Waals surface area (Å²) in [5, 5.41) is 12.0. The SMILES string of the molecule is CS(=O)(=O)C1(NC(=O)Cc2ccc(SCCO)cc2)C=C(Cl)C(c2ccccc2)=C(Cl)C1. The quantitative estimate of drug-likeness (QED) is 0.514. The first kappa shape index (κ1) is 24.9. The Bertz CT molecular complexity index is 1150. The predicted molar refractivity (Wildman–Crippen MR) is 131 cm³/mol. The summed E-state index contributed by atoms with van der Waals surface area (Å²) in [5.74, 6) is 0.128. The lowest BCUT2D eigenvalue weighted by atomic mass is 9.95. The maximum Gasteiger partial charge on any atom is 0.225 e. The summed E-state index contributed by atoms with van der Waals surface area (Å²) >= 11 is 14.5. The van der Waals surface area contributed by atoms with Crippen LogP contribution >= 0.6 is 35.0 Å². The van der Waals surface area contributed by atoms with Gasteiger partial charge in [-0.3, -0.25) is 4.79 Å². The van der Waals surface area contributed by atoms with E-state index in [1.807, 2.05) is 42.5 Å². The molecular formula is C23H23Cl2NO4S2. The molecule has 0 saturated carbocycles. The number of hydrogen-bond donors (Lipinski definition) is 2. The molecule has 0 spiro atoms. The molecule has 2 aromatic rings. The molecule has 1 atom stereocenters. The van der Waals surface area contributed by atoms with Crippen molar-refractivity contribution in [2.45, 2.75) is 22.6 Å². The van der Waals surface area contributed by atoms with Gasteiger partial charge in [-0.05, 0) is 29.3 Å². The van der Waals surface area contributed by atoms with Crippen LogP contribution in [0.4, 0.5) is 0 Å². The van der Waals surface area contributed by atoms with Crippen molar-refractivity contribution in [3.8, 4) is 0 Å². The number of aliphatic hydroxyl groups excluding tert-OH is 1. The lowest BCUT2D eigenvalue weighted by Crippen LogP contribution is -2.54. The highest BCUT2D eigenvalue weighted by molar-refractivity contribution is 7.99. The third-order valence-electron chi connectivity index (χ3n) is 5.01. The van der Waals surface area contributed by atoms with Gasteiger partial charge in [0.2, 0.25) is 5.91 Å². The summed E-state index contributed by atoms with van der Waals surface area (Å²) in [5.41, 5.74) is 2.06. The summed E-state index contributed by atoms with van der Waals surface area (Å²) in [4.78, 5) is 12.1. The number of hydrogen-bond acceptors (Lipinski definition) is 5. The van der Waals surface area contributed by atoms with Gasteiger partial charge in [-0.15, -0.1) is 11.8 Å². The maximum absolute atomic E-state index is 12.8. The molecule has 170 valence electrons. The second-order valence-corrected chi connectivity index (χ2v) is 11.7. The van der Waals surface area contributed by atoms with Gasteiger partial charge in [-0.25, -0.2) is 8.42 Å². The Labute approximate surface area is 202 Å². The van der Waals surface area contributed by atoms with Gasteiger partial charge in [0, 0.05) is 39.0 Å². The fourth-order valence-corrected chi connectivity index (χ4v) is 6.14. The third-order valence-corrected chi connectivity index (χ3v) is 8.31. The van der Waals surface area contributed by atoms with Gasteiger partial charge in [0.1, 0.15) is 0 Å². The molecule has 5 nitrogen and oxygen atoms in total. The maximum atomic E-state index is 12.8. The van der Waals surface area contributed by atoms with Crippen LogP contribution in [-0.2, 0) is 21.1 Å². The minimum Gasteiger partial charge on any atom is -0.396 e. The Morgan fingerprint density at radius 3 is 2.34 bits per heavy atom. The van der Waals surface area contributed by atoms with E-state index in [4.69, 9.17) is 28.3 Å². The number of allylic oxidation sites excluding steroid dienone is 2. The second-order valence-electron chi connectivity index (χ2n) is 7.42. The van der Waals surface area contributed by atoms with E-state index in [-0.39, 0.29) is 29.5 Å². The van der Waals surface area contributed by atoms with Crippen LogP contribution in [0.5, 0.6) is 0 Å². The first-order chi connectivity index (χ1) is 15.1. The summed E-state index contributed by atoms with van der Waals surface area (Å²) in [6.07, 6.45) is 2.31. The minimum atomic E-state index is -3.80. The number of sulfone groups is 1. The average Bonchev–Trinajstić information content (AvgIpc) is 2.72. The van der Waals surface area contributed by atoms with Crippen LogP contribution in [0, 0.1) is 0 Å². The van der Waals surface area contributed by atoms with E-state index in [0.29, 0.717) is 11.3 Å². The Morgan fingerprint density at radius 2 is 1.78 bits per heavy atom. The Balaban J connectivity index is 1.82. The highest BCUT2D eigenvalue weighted by Crippen LogP contribution is 2.42. The molecule has 1 aliphatic rings. The Morgan fingerprint density at radius 1 is 1.12 bits per heavy atom. The molecule has 0 radical (unpaired) electrons. The number of amides is 1. The van der Waals surface area contributed by atoms with Crippen molar-refractivity contribution >= 4 is 56.3 Å². The Hall–Kier alpha value is -1.77. The molecule has 0 heterocycles. The van der Waals surface area contributed by atoms with Gasteiger partial charge in [0.25, 0.3) is 0 Å². The van der Waals surface area contributed by atoms with Gasteiger partial charge in [0.05, 0.1) is 13.0 Å². The first-order valence-electron chi connectivity index (χ1n) is 9.81. The van der Waals surface area contributed by atoms with Gasteiger partial charge >= 0.3 is 0 Å². The van der Waals surface area contributed by atoms with Crippen LogP contribution in [0.1, 0.15) is 17.5 Å². The minimum absolute atomic E-state index is 0.000547. The van der Waals surface area contributed by atoms with Crippen molar-refractivity contribution in [3.63, 3.8) is 0 Å². The van der Waals surface area contributed by atoms with Crippen molar-refractivity contribution in [1.29, 1.82) is 0 Å². The molecule has 3 rings (SSSR count). The van der Waals surface area contributed by atoms with E-state index in [1.54, 1.807) is 12.1 Å². The van der Waals surface area contributed by atoms with Crippen LogP contribution in [0.25, 0.3) is 5.57 Å². The van der Waals surface area contributed by atoms with E-state index in [1.165, 1.54) is 17.8 Å². The number of nitrogens with one attached hydrogen (secondary N) is 1. The molecule has 1 aliphatic carbocycles. The van der Waals surface area contributed by atoms with E-state index >= 15 is 0 Å². The molecule has 0 aromatic heterocycles. The smallest absolute Gasteiger partial charge is 0.225 e. The topological polar surface area (TPSA) is 83.5 Å². The van der Waals surface area contributed by atoms with Crippen molar-refractivity contribution in [3.05, 3.63) is 81.9 Å². The predicted octanol–water partition coefficient (Wildman–Crippen LogP) is 4.35. The molecule has 0 fully saturated rings. The van der Waals surface area contributed by atoms with Crippen LogP contribution in [-0.4, -0.2) is 42.9 Å². The number of halogens is 2. The fraction of sp³-hybridized carbons (Fsp3) is 0.261. The highest BCUT2D eigenvalue weighted by Gasteiger charge is 2.44. The zero-order valence-corrected chi connectivity index (χ0v) is 20.5. The van der Waals surface area contributed by atoms with E-state index in [9.17, 15) is 13.2 Å². The largest absolute Gasteiger partial charge is 0.396 e. The summed E-state index contributed by atoms with van der Waals surface area (Å²) < 4.78 is 25.5. The number of rotatable bonds is 8. The van der Waals surface area contributed by atoms with Gasteiger partial charge in [0.15, 0.2) is 14.7 Å². The highest BCUT2D eigenvalue weighted by atomic mass is 35.5. The van der Waals surface area contributed by atoms with Crippen molar-refractivity contribution < 1.29 is 18.3 Å². The fourth-order valence-electron chi connectivity index (χ4n) is 3.42. The number of carbonyl (C=O) groups is 1. The normalized spacial score (nSPS) is 18.9. The monoisotopic (exact) mass is 511 g/mol. The molecule has 1 unspecified atom stereocenters. The lowest BCUT2D eigenvalue weighted by molar-refractivity contribution is -0.121. The standard InChI is InChI=1S/C23H23Cl2NO4S2/c1-32(29,30)23(14-19(24)22(20(25)15-23)17-5-3-2-4-6-17)26-21(28)13-16-7-9-18(10-8-16)31-12-11-27/h2-10,14,27H,11-13,15H2,1H3,(H,26,28). The molecule has 0 saturated heterocycles. The lowest BCUT2D eigenvalue weighted by Gasteiger charge is -2.34. The van der Waals surface area contributed by atoms with Crippen molar-refractivity contribution in [2.24, 2.45) is 0 Å². The Kier molecular flexibility index (Phi) is 8.11. The number of carbonyl (C=O) groups excluding carboxylic acids is 1. The molecule has 1 amide bonds. The summed E-state index contributed by atoms with van der Waals surface area (Å²) in [6, 6.07) is 16.5. The average molecular weight is 512 g/mol. The molecule has 2 aromatic carbocycles. The van der Waals surface area contributed by atoms with Crippen molar-refractivity contribution in [1.82, 2.24) is 5.32 Å². The third kappa shape index (κ3) is 5.77. The van der Waals surface area contributed by atoms with E-state index in [0.717, 1.165) is 22.3 Å². The zero-order chi connectivity index (χ0) is 23.4. The molecule has 9 heteroatoms. The number of thioether (sulfide) groups is 1. The van der Waals surface area contributed by atoms with E-state index in [2.05, 4.69) is 5.32 Å².